The third kappa shape index (κ3) is 3.08. The molecule has 126 valence electrons. The van der Waals surface area contributed by atoms with Crippen LogP contribution in [0, 0.1) is 0 Å². The van der Waals surface area contributed by atoms with Gasteiger partial charge in [0.2, 0.25) is 5.91 Å². The first-order valence-corrected chi connectivity index (χ1v) is 8.67. The van der Waals surface area contributed by atoms with Gasteiger partial charge in [-0.3, -0.25) is 9.59 Å². The molecule has 2 aromatic heterocycles. The van der Waals surface area contributed by atoms with Crippen molar-refractivity contribution in [3.05, 3.63) is 47.9 Å². The van der Waals surface area contributed by atoms with Crippen LogP contribution >= 0.6 is 11.8 Å². The van der Waals surface area contributed by atoms with E-state index in [4.69, 9.17) is 0 Å². The predicted octanol–water partition coefficient (Wildman–Crippen LogP) is 2.32. The third-order valence-corrected chi connectivity index (χ3v) is 5.07. The highest BCUT2D eigenvalue weighted by Crippen LogP contribution is 2.35. The Kier molecular flexibility index (Phi) is 3.89. The van der Waals surface area contributed by atoms with E-state index in [9.17, 15) is 9.59 Å². The lowest BCUT2D eigenvalue weighted by atomic mass is 10.1. The Bertz CT molecular complexity index is 951. The van der Waals surface area contributed by atoms with Gasteiger partial charge >= 0.3 is 0 Å². The lowest BCUT2D eigenvalue weighted by Crippen LogP contribution is -2.27. The Hall–Kier alpha value is -2.87. The maximum absolute atomic E-state index is 12.4. The van der Waals surface area contributed by atoms with Crippen LogP contribution in [0.5, 0.6) is 0 Å². The standard InChI is InChI=1S/C17H15N5O2S/c1-9-16(23)21-12-7-10(4-5-13(12)25-9)17(24)19-8-14-20-11-3-2-6-18-15(11)22-14/h2-7,9H,8H2,1H3,(H,19,24)(H,21,23)(H,18,20,22)/t9-/m1/s1. The molecule has 0 fully saturated rings. The number of nitrogens with zero attached hydrogens (tertiary/aromatic N) is 2. The Balaban J connectivity index is 1.48. The van der Waals surface area contributed by atoms with Gasteiger partial charge in [0.15, 0.2) is 5.65 Å². The number of thioether (sulfide) groups is 1. The molecule has 1 atom stereocenters. The topological polar surface area (TPSA) is 99.8 Å². The average Bonchev–Trinajstić information content (AvgIpc) is 3.03. The van der Waals surface area contributed by atoms with Gasteiger partial charge < -0.3 is 15.6 Å². The minimum atomic E-state index is -0.228. The summed E-state index contributed by atoms with van der Waals surface area (Å²) in [4.78, 5) is 36.7. The fourth-order valence-electron chi connectivity index (χ4n) is 2.59. The van der Waals surface area contributed by atoms with Crippen molar-refractivity contribution in [2.75, 3.05) is 5.32 Å². The van der Waals surface area contributed by atoms with Crippen LogP contribution in [0.4, 0.5) is 5.69 Å². The first kappa shape index (κ1) is 15.6. The number of fused-ring (bicyclic) bond motifs is 2. The van der Waals surface area contributed by atoms with Gasteiger partial charge in [0.25, 0.3) is 5.91 Å². The van der Waals surface area contributed by atoms with Crippen LogP contribution in [-0.4, -0.2) is 32.0 Å². The maximum atomic E-state index is 12.4. The summed E-state index contributed by atoms with van der Waals surface area (Å²) in [7, 11) is 0. The average molecular weight is 353 g/mol. The fourth-order valence-corrected chi connectivity index (χ4v) is 3.53. The van der Waals surface area contributed by atoms with Gasteiger partial charge in [-0.2, -0.15) is 0 Å². The molecule has 1 aliphatic rings. The zero-order valence-electron chi connectivity index (χ0n) is 13.4. The molecule has 3 N–H and O–H groups in total. The summed E-state index contributed by atoms with van der Waals surface area (Å²) >= 11 is 1.49. The number of aromatic amines is 1. The number of hydrogen-bond donors (Lipinski definition) is 3. The van der Waals surface area contributed by atoms with Crippen LogP contribution in [0.15, 0.2) is 41.4 Å². The van der Waals surface area contributed by atoms with Crippen LogP contribution in [0.1, 0.15) is 23.1 Å². The SMILES string of the molecule is C[C@H]1Sc2ccc(C(=O)NCc3nc4ncccc4[nH]3)cc2NC1=O. The highest BCUT2D eigenvalue weighted by Gasteiger charge is 2.23. The van der Waals surface area contributed by atoms with Gasteiger partial charge in [-0.15, -0.1) is 11.8 Å². The van der Waals surface area contributed by atoms with E-state index in [0.29, 0.717) is 22.7 Å². The lowest BCUT2D eigenvalue weighted by molar-refractivity contribution is -0.115. The van der Waals surface area contributed by atoms with Crippen LogP contribution < -0.4 is 10.6 Å². The second kappa shape index (κ2) is 6.21. The zero-order valence-corrected chi connectivity index (χ0v) is 14.2. The van der Waals surface area contributed by atoms with Crippen LogP contribution in [0.25, 0.3) is 11.2 Å². The highest BCUT2D eigenvalue weighted by molar-refractivity contribution is 8.00. The summed E-state index contributed by atoms with van der Waals surface area (Å²) in [6.45, 7) is 2.12. The van der Waals surface area contributed by atoms with E-state index in [1.54, 1.807) is 18.3 Å². The highest BCUT2D eigenvalue weighted by atomic mass is 32.2. The largest absolute Gasteiger partial charge is 0.345 e. The summed E-state index contributed by atoms with van der Waals surface area (Å²) in [6.07, 6.45) is 1.67. The molecule has 0 aliphatic carbocycles. The van der Waals surface area contributed by atoms with E-state index in [0.717, 1.165) is 10.4 Å². The van der Waals surface area contributed by atoms with E-state index in [1.807, 2.05) is 25.1 Å². The van der Waals surface area contributed by atoms with Gasteiger partial charge in [-0.1, -0.05) is 0 Å². The fraction of sp³-hybridized carbons (Fsp3) is 0.176. The number of H-pyrrole nitrogens is 1. The monoisotopic (exact) mass is 353 g/mol. The van der Waals surface area contributed by atoms with Gasteiger partial charge in [0.1, 0.15) is 5.82 Å². The van der Waals surface area contributed by atoms with Gasteiger partial charge in [-0.25, -0.2) is 9.97 Å². The van der Waals surface area contributed by atoms with Crippen LogP contribution in [0.3, 0.4) is 0 Å². The van der Waals surface area contributed by atoms with Gasteiger partial charge in [-0.05, 0) is 37.3 Å². The van der Waals surface area contributed by atoms with E-state index < -0.39 is 0 Å². The second-order valence-corrected chi connectivity index (χ2v) is 7.08. The third-order valence-electron chi connectivity index (χ3n) is 3.90. The number of nitrogens with one attached hydrogen (secondary N) is 3. The van der Waals surface area contributed by atoms with Crippen molar-refractivity contribution in [1.29, 1.82) is 0 Å². The molecule has 0 bridgehead atoms. The first-order valence-electron chi connectivity index (χ1n) is 7.79. The molecule has 25 heavy (non-hydrogen) atoms. The molecule has 7 nitrogen and oxygen atoms in total. The molecular formula is C17H15N5O2S. The summed E-state index contributed by atoms with van der Waals surface area (Å²) in [6, 6.07) is 9.01. The number of hydrogen-bond acceptors (Lipinski definition) is 5. The number of carbonyl (C=O) groups excluding carboxylic acids is 2. The smallest absolute Gasteiger partial charge is 0.251 e. The first-order chi connectivity index (χ1) is 12.1. The Morgan fingerprint density at radius 1 is 1.36 bits per heavy atom. The van der Waals surface area contributed by atoms with Crippen molar-refractivity contribution in [1.82, 2.24) is 20.3 Å². The van der Waals surface area contributed by atoms with Crippen molar-refractivity contribution in [3.63, 3.8) is 0 Å². The number of amides is 2. The second-order valence-electron chi connectivity index (χ2n) is 5.70. The zero-order chi connectivity index (χ0) is 17.4. The number of pyridine rings is 1. The minimum Gasteiger partial charge on any atom is -0.345 e. The van der Waals surface area contributed by atoms with Gasteiger partial charge in [0, 0.05) is 16.7 Å². The normalized spacial score (nSPS) is 16.4. The van der Waals surface area contributed by atoms with Crippen LogP contribution in [-0.2, 0) is 11.3 Å². The van der Waals surface area contributed by atoms with Gasteiger partial charge in [0.05, 0.1) is 23.0 Å². The predicted molar refractivity (Wildman–Crippen MR) is 95.4 cm³/mol. The van der Waals surface area contributed by atoms with E-state index in [2.05, 4.69) is 25.6 Å². The molecule has 1 aromatic carbocycles. The molecule has 2 amide bonds. The maximum Gasteiger partial charge on any atom is 0.251 e. The molecule has 0 spiro atoms. The molecule has 4 rings (SSSR count). The number of imidazole rings is 1. The minimum absolute atomic E-state index is 0.0511. The summed E-state index contributed by atoms with van der Waals surface area (Å²) < 4.78 is 0. The molecule has 3 aromatic rings. The quantitative estimate of drug-likeness (QED) is 0.671. The summed E-state index contributed by atoms with van der Waals surface area (Å²) in [5, 5.41) is 5.52. The molecular weight excluding hydrogens is 338 g/mol. The molecule has 0 unspecified atom stereocenters. The number of aromatic nitrogens is 3. The summed E-state index contributed by atoms with van der Waals surface area (Å²) in [5.41, 5.74) is 2.61. The van der Waals surface area contributed by atoms with Crippen molar-refractivity contribution in [2.24, 2.45) is 0 Å². The Labute approximate surface area is 147 Å². The number of benzene rings is 1. The molecule has 0 saturated heterocycles. The van der Waals surface area contributed by atoms with Crippen molar-refractivity contribution in [3.8, 4) is 0 Å². The molecule has 8 heteroatoms. The van der Waals surface area contributed by atoms with E-state index >= 15 is 0 Å². The lowest BCUT2D eigenvalue weighted by Gasteiger charge is -2.21. The molecule has 1 aliphatic heterocycles. The number of rotatable bonds is 3. The van der Waals surface area contributed by atoms with Crippen LogP contribution in [0.2, 0.25) is 0 Å². The number of anilines is 1. The summed E-state index contributed by atoms with van der Waals surface area (Å²) in [5.74, 6) is 0.358. The van der Waals surface area contributed by atoms with Crippen molar-refractivity contribution < 1.29 is 9.59 Å². The molecule has 3 heterocycles. The molecule has 0 radical (unpaired) electrons. The van der Waals surface area contributed by atoms with Crippen molar-refractivity contribution >= 4 is 40.4 Å². The van der Waals surface area contributed by atoms with E-state index in [-0.39, 0.29) is 23.6 Å². The molecule has 0 saturated carbocycles. The van der Waals surface area contributed by atoms with E-state index in [1.165, 1.54) is 11.8 Å². The van der Waals surface area contributed by atoms with Crippen molar-refractivity contribution in [2.45, 2.75) is 23.6 Å². The Morgan fingerprint density at radius 2 is 2.24 bits per heavy atom. The number of carbonyl (C=O) groups is 2. The Morgan fingerprint density at radius 3 is 3.08 bits per heavy atom.